The van der Waals surface area contributed by atoms with Crippen LogP contribution < -0.4 is 15.6 Å². The van der Waals surface area contributed by atoms with E-state index in [1.807, 2.05) is 18.2 Å². The fourth-order valence-corrected chi connectivity index (χ4v) is 13.4. The zero-order valence-electron chi connectivity index (χ0n) is 34.7. The van der Waals surface area contributed by atoms with Crippen molar-refractivity contribution < 1.29 is 19.1 Å². The average Bonchev–Trinajstić information content (AvgIpc) is 3.87. The quantitative estimate of drug-likeness (QED) is 0.220. The van der Waals surface area contributed by atoms with Crippen molar-refractivity contribution in [1.82, 2.24) is 29.6 Å². The van der Waals surface area contributed by atoms with E-state index in [-0.39, 0.29) is 40.5 Å². The van der Waals surface area contributed by atoms with E-state index in [9.17, 15) is 19.2 Å². The second-order valence-corrected chi connectivity index (χ2v) is 20.1. The monoisotopic (exact) mass is 840 g/mol. The Labute approximate surface area is 360 Å². The van der Waals surface area contributed by atoms with Crippen molar-refractivity contribution in [2.24, 2.45) is 5.92 Å². The number of ether oxygens (including phenoxy) is 1. The van der Waals surface area contributed by atoms with Gasteiger partial charge in [-0.05, 0) is 131 Å². The van der Waals surface area contributed by atoms with Crippen molar-refractivity contribution in [1.29, 1.82) is 0 Å². The molecule has 0 bridgehead atoms. The number of halogens is 1. The SMILES string of the molecule is O=C1CCC(N2Cc3c(ccc4c3OCC43CCN(C4CC(CN5CCC(c6ccc7c(c6)-n6c(nc(=O)c8c(Cl)cccc86)C76CCCCC6)CC5)C4)CC3)C2=O)C(=O)N1. The number of nitrogens with one attached hydrogen (secondary N) is 1. The van der Waals surface area contributed by atoms with Gasteiger partial charge in [-0.2, -0.15) is 4.98 Å². The Bertz CT molecular complexity index is 2580. The third-order valence-electron chi connectivity index (χ3n) is 16.6. The number of fused-ring (bicyclic) bond motifs is 11. The fraction of sp³-hybridized carbons (Fsp3) is 0.531. The van der Waals surface area contributed by atoms with Crippen LogP contribution in [0.4, 0.5) is 0 Å². The number of amides is 3. The molecule has 12 rings (SSSR count). The van der Waals surface area contributed by atoms with E-state index in [1.165, 1.54) is 48.2 Å². The summed E-state index contributed by atoms with van der Waals surface area (Å²) in [4.78, 5) is 63.1. The maximum atomic E-state index is 13.4. The highest BCUT2D eigenvalue weighted by Crippen LogP contribution is 2.53. The molecular formula is C49H53ClN6O5. The number of aromatic nitrogens is 2. The Balaban J connectivity index is 0.666. The Morgan fingerprint density at radius 1 is 0.869 bits per heavy atom. The van der Waals surface area contributed by atoms with Crippen molar-refractivity contribution in [3.8, 4) is 11.4 Å². The molecule has 2 spiro atoms. The molecule has 1 atom stereocenters. The number of rotatable bonds is 5. The van der Waals surface area contributed by atoms with Crippen LogP contribution in [0.25, 0.3) is 16.6 Å². The van der Waals surface area contributed by atoms with Crippen molar-refractivity contribution in [3.63, 3.8) is 0 Å². The molecule has 5 fully saturated rings. The number of carbonyl (C=O) groups is 3. The lowest BCUT2D eigenvalue weighted by Crippen LogP contribution is -2.53. The third kappa shape index (κ3) is 5.85. The predicted molar refractivity (Wildman–Crippen MR) is 232 cm³/mol. The van der Waals surface area contributed by atoms with E-state index in [1.54, 1.807) is 11.0 Å². The lowest BCUT2D eigenvalue weighted by atomic mass is 9.69. The van der Waals surface area contributed by atoms with Gasteiger partial charge in [0.25, 0.3) is 11.5 Å². The molecule has 1 N–H and O–H groups in total. The van der Waals surface area contributed by atoms with Gasteiger partial charge >= 0.3 is 0 Å². The zero-order chi connectivity index (χ0) is 41.2. The summed E-state index contributed by atoms with van der Waals surface area (Å²) >= 11 is 6.63. The van der Waals surface area contributed by atoms with Gasteiger partial charge in [0.1, 0.15) is 17.6 Å². The molecule has 4 aromatic rings. The number of imide groups is 1. The first-order valence-corrected chi connectivity index (χ1v) is 23.3. The van der Waals surface area contributed by atoms with E-state index in [0.717, 1.165) is 106 Å². The number of hydrogen-bond acceptors (Lipinski definition) is 8. The molecule has 3 saturated heterocycles. The molecule has 12 heteroatoms. The molecule has 7 heterocycles. The summed E-state index contributed by atoms with van der Waals surface area (Å²) in [5.41, 5.74) is 7.12. The molecule has 1 unspecified atom stereocenters. The van der Waals surface area contributed by atoms with Crippen LogP contribution >= 0.6 is 11.6 Å². The van der Waals surface area contributed by atoms with Crippen molar-refractivity contribution in [2.75, 3.05) is 39.3 Å². The van der Waals surface area contributed by atoms with Gasteiger partial charge in [0.05, 0.1) is 40.2 Å². The Hall–Kier alpha value is -4.58. The third-order valence-corrected chi connectivity index (χ3v) is 16.9. The summed E-state index contributed by atoms with van der Waals surface area (Å²) in [5, 5.41) is 3.40. The minimum atomic E-state index is -0.621. The molecule has 0 radical (unpaired) electrons. The zero-order valence-corrected chi connectivity index (χ0v) is 35.5. The minimum Gasteiger partial charge on any atom is -0.492 e. The summed E-state index contributed by atoms with van der Waals surface area (Å²) in [6.07, 6.45) is 13.2. The summed E-state index contributed by atoms with van der Waals surface area (Å²) in [7, 11) is 0. The van der Waals surface area contributed by atoms with Gasteiger partial charge in [0, 0.05) is 41.1 Å². The van der Waals surface area contributed by atoms with Crippen LogP contribution in [0.1, 0.15) is 128 Å². The van der Waals surface area contributed by atoms with Crippen molar-refractivity contribution in [3.05, 3.63) is 97.5 Å². The molecule has 3 aromatic carbocycles. The molecule has 2 saturated carbocycles. The first-order valence-electron chi connectivity index (χ1n) is 23.0. The van der Waals surface area contributed by atoms with Crippen LogP contribution in [0.5, 0.6) is 5.75 Å². The highest BCUT2D eigenvalue weighted by atomic mass is 35.5. The summed E-state index contributed by atoms with van der Waals surface area (Å²) < 4.78 is 8.72. The number of likely N-dealkylation sites (tertiary alicyclic amines) is 2. The van der Waals surface area contributed by atoms with Crippen LogP contribution in [-0.2, 0) is 27.0 Å². The second-order valence-electron chi connectivity index (χ2n) is 19.7. The number of carbonyl (C=O) groups excluding carboxylic acids is 3. The van der Waals surface area contributed by atoms with E-state index in [2.05, 4.69) is 43.9 Å². The maximum absolute atomic E-state index is 13.4. The lowest BCUT2D eigenvalue weighted by Gasteiger charge is -2.49. The molecule has 11 nitrogen and oxygen atoms in total. The molecule has 316 valence electrons. The van der Waals surface area contributed by atoms with E-state index in [4.69, 9.17) is 21.3 Å². The first kappa shape index (κ1) is 38.1. The van der Waals surface area contributed by atoms with Gasteiger partial charge in [0.2, 0.25) is 11.8 Å². The number of piperidine rings is 3. The van der Waals surface area contributed by atoms with E-state index >= 15 is 0 Å². The fourth-order valence-electron chi connectivity index (χ4n) is 13.1. The Kier molecular flexibility index (Phi) is 8.89. The minimum absolute atomic E-state index is 0.0313. The highest BCUT2D eigenvalue weighted by Gasteiger charge is 2.50. The van der Waals surface area contributed by atoms with Gasteiger partial charge in [-0.3, -0.25) is 29.1 Å². The Morgan fingerprint density at radius 2 is 1.66 bits per heavy atom. The topological polar surface area (TPSA) is 117 Å². The predicted octanol–water partition coefficient (Wildman–Crippen LogP) is 6.75. The van der Waals surface area contributed by atoms with E-state index < -0.39 is 6.04 Å². The van der Waals surface area contributed by atoms with Crippen LogP contribution in [0.3, 0.4) is 0 Å². The Morgan fingerprint density at radius 3 is 2.44 bits per heavy atom. The number of benzene rings is 3. The molecule has 2 aliphatic carbocycles. The molecule has 61 heavy (non-hydrogen) atoms. The average molecular weight is 841 g/mol. The van der Waals surface area contributed by atoms with Gasteiger partial charge in [0.15, 0.2) is 0 Å². The first-order chi connectivity index (χ1) is 29.7. The number of nitrogens with zero attached hydrogens (tertiary/aromatic N) is 5. The molecular weight excluding hydrogens is 788 g/mol. The second kappa shape index (κ2) is 14.2. The normalized spacial score (nSPS) is 26.9. The molecule has 3 amide bonds. The lowest BCUT2D eigenvalue weighted by molar-refractivity contribution is -0.136. The van der Waals surface area contributed by atoms with Crippen molar-refractivity contribution >= 4 is 40.2 Å². The summed E-state index contributed by atoms with van der Waals surface area (Å²) in [6, 6.07) is 17.1. The van der Waals surface area contributed by atoms with Crippen LogP contribution in [-0.4, -0.2) is 93.4 Å². The highest BCUT2D eigenvalue weighted by molar-refractivity contribution is 6.35. The van der Waals surface area contributed by atoms with Gasteiger partial charge in [-0.1, -0.05) is 55.1 Å². The van der Waals surface area contributed by atoms with Crippen LogP contribution in [0.15, 0.2) is 53.3 Å². The summed E-state index contributed by atoms with van der Waals surface area (Å²) in [5.74, 6) is 2.23. The molecule has 8 aliphatic rings. The largest absolute Gasteiger partial charge is 0.492 e. The van der Waals surface area contributed by atoms with Crippen LogP contribution in [0.2, 0.25) is 5.02 Å². The molecule has 1 aromatic heterocycles. The van der Waals surface area contributed by atoms with Gasteiger partial charge < -0.3 is 19.4 Å². The van der Waals surface area contributed by atoms with Crippen molar-refractivity contribution in [2.45, 2.75) is 119 Å². The maximum Gasteiger partial charge on any atom is 0.282 e. The van der Waals surface area contributed by atoms with E-state index in [0.29, 0.717) is 47.5 Å². The summed E-state index contributed by atoms with van der Waals surface area (Å²) in [6.45, 7) is 6.56. The smallest absolute Gasteiger partial charge is 0.282 e. The van der Waals surface area contributed by atoms with Crippen LogP contribution in [0, 0.1) is 5.92 Å². The number of hydrogen-bond donors (Lipinski definition) is 1. The standard InChI is InChI=1S/C49H53ClN6O5/c50-37-5-4-6-38-42(37)45(59)52-47-49(15-2-1-3-16-49)35-9-7-31(25-40(35)56(38)47)30-13-19-53(20-14-30)26-29-23-32(24-29)54-21-17-48(18-22-54)28-61-43-34-27-55(39-11-12-41(57)51-44(39)58)46(60)33(34)8-10-36(43)48/h4-10,25,29-30,32,39H,1-3,11-24,26-28H2,(H,51,57,58). The van der Waals surface area contributed by atoms with Gasteiger partial charge in [-0.15, -0.1) is 0 Å². The molecule has 6 aliphatic heterocycles. The van der Waals surface area contributed by atoms with Gasteiger partial charge in [-0.25, -0.2) is 0 Å².